The van der Waals surface area contributed by atoms with Gasteiger partial charge in [0.25, 0.3) is 0 Å². The molecule has 1 aromatic carbocycles. The Kier molecular flexibility index (Phi) is 3.38. The molecular formula is C14H19N3O2. The molecular weight excluding hydrogens is 242 g/mol. The summed E-state index contributed by atoms with van der Waals surface area (Å²) in [6.45, 7) is 3.98. The van der Waals surface area contributed by atoms with Crippen LogP contribution < -0.4 is 15.2 Å². The molecule has 0 aliphatic carbocycles. The van der Waals surface area contributed by atoms with Crippen molar-refractivity contribution in [1.29, 1.82) is 0 Å². The highest BCUT2D eigenvalue weighted by Gasteiger charge is 2.19. The van der Waals surface area contributed by atoms with Crippen molar-refractivity contribution >= 4 is 5.82 Å². The number of aryl methyl sites for hydroxylation is 2. The van der Waals surface area contributed by atoms with Crippen molar-refractivity contribution in [1.82, 2.24) is 9.78 Å². The molecule has 0 spiro atoms. The lowest BCUT2D eigenvalue weighted by Crippen LogP contribution is -2.00. The minimum atomic E-state index is 0.537. The molecule has 0 aliphatic heterocycles. The summed E-state index contributed by atoms with van der Waals surface area (Å²) in [5.74, 6) is 2.06. The van der Waals surface area contributed by atoms with E-state index >= 15 is 0 Å². The van der Waals surface area contributed by atoms with Crippen LogP contribution in [0.5, 0.6) is 11.5 Å². The first-order valence-electron chi connectivity index (χ1n) is 6.01. The van der Waals surface area contributed by atoms with E-state index in [9.17, 15) is 0 Å². The Labute approximate surface area is 112 Å². The molecule has 19 heavy (non-hydrogen) atoms. The summed E-state index contributed by atoms with van der Waals surface area (Å²) in [6.07, 6.45) is 0. The number of nitrogen functional groups attached to an aromatic ring is 1. The average Bonchev–Trinajstić information content (AvgIpc) is 2.63. The zero-order chi connectivity index (χ0) is 14.2. The fourth-order valence-corrected chi connectivity index (χ4v) is 2.31. The molecule has 102 valence electrons. The fraction of sp³-hybridized carbons (Fsp3) is 0.357. The topological polar surface area (TPSA) is 62.3 Å². The van der Waals surface area contributed by atoms with Gasteiger partial charge >= 0.3 is 0 Å². The highest BCUT2D eigenvalue weighted by Crippen LogP contribution is 2.39. The molecule has 0 bridgehead atoms. The number of rotatable bonds is 3. The van der Waals surface area contributed by atoms with Crippen molar-refractivity contribution in [3.05, 3.63) is 23.3 Å². The number of benzene rings is 1. The molecule has 0 fully saturated rings. The van der Waals surface area contributed by atoms with Crippen LogP contribution in [0.2, 0.25) is 0 Å². The van der Waals surface area contributed by atoms with E-state index in [1.165, 1.54) is 0 Å². The minimum Gasteiger partial charge on any atom is -0.497 e. The van der Waals surface area contributed by atoms with E-state index in [0.717, 1.165) is 33.9 Å². The van der Waals surface area contributed by atoms with Gasteiger partial charge in [0, 0.05) is 24.2 Å². The summed E-state index contributed by atoms with van der Waals surface area (Å²) in [5.41, 5.74) is 9.85. The molecule has 2 N–H and O–H groups in total. The van der Waals surface area contributed by atoms with Crippen molar-refractivity contribution in [2.75, 3.05) is 20.0 Å². The van der Waals surface area contributed by atoms with E-state index in [4.69, 9.17) is 15.2 Å². The number of anilines is 1. The van der Waals surface area contributed by atoms with Crippen molar-refractivity contribution in [3.63, 3.8) is 0 Å². The van der Waals surface area contributed by atoms with Crippen LogP contribution in [-0.4, -0.2) is 24.0 Å². The zero-order valence-corrected chi connectivity index (χ0v) is 11.9. The van der Waals surface area contributed by atoms with Crippen molar-refractivity contribution in [2.24, 2.45) is 7.05 Å². The first kappa shape index (κ1) is 13.3. The molecule has 0 aliphatic rings. The molecule has 0 atom stereocenters. The predicted molar refractivity (Wildman–Crippen MR) is 75.6 cm³/mol. The van der Waals surface area contributed by atoms with E-state index < -0.39 is 0 Å². The Morgan fingerprint density at radius 1 is 1.16 bits per heavy atom. The standard InChI is InChI=1S/C14H19N3O2/c1-8-6-10(18-4)7-11(19-5)12(8)13-9(2)14(15)16-17(13)3/h6-7H,1-5H3,(H2,15,16). The Morgan fingerprint density at radius 2 is 1.84 bits per heavy atom. The van der Waals surface area contributed by atoms with Crippen LogP contribution in [0.25, 0.3) is 11.3 Å². The number of nitrogens with zero attached hydrogens (tertiary/aromatic N) is 2. The molecule has 0 radical (unpaired) electrons. The summed E-state index contributed by atoms with van der Waals surface area (Å²) in [6, 6.07) is 3.84. The molecule has 1 aromatic heterocycles. The third-order valence-electron chi connectivity index (χ3n) is 3.29. The maximum atomic E-state index is 5.88. The summed E-state index contributed by atoms with van der Waals surface area (Å²) in [7, 11) is 5.16. The van der Waals surface area contributed by atoms with Gasteiger partial charge in [-0.15, -0.1) is 0 Å². The SMILES string of the molecule is COc1cc(C)c(-c2c(C)c(N)nn2C)c(OC)c1. The fourth-order valence-electron chi connectivity index (χ4n) is 2.31. The Bertz CT molecular complexity index is 618. The van der Waals surface area contributed by atoms with Crippen LogP contribution in [0.3, 0.4) is 0 Å². The quantitative estimate of drug-likeness (QED) is 0.921. The zero-order valence-electron chi connectivity index (χ0n) is 11.9. The van der Waals surface area contributed by atoms with Gasteiger partial charge in [0.1, 0.15) is 17.3 Å². The van der Waals surface area contributed by atoms with Gasteiger partial charge in [-0.1, -0.05) is 0 Å². The van der Waals surface area contributed by atoms with Crippen molar-refractivity contribution in [2.45, 2.75) is 13.8 Å². The van der Waals surface area contributed by atoms with Crippen LogP contribution in [-0.2, 0) is 7.05 Å². The Hall–Kier alpha value is -2.17. The van der Waals surface area contributed by atoms with Crippen molar-refractivity contribution in [3.8, 4) is 22.8 Å². The van der Waals surface area contributed by atoms with Crippen LogP contribution in [0, 0.1) is 13.8 Å². The van der Waals surface area contributed by atoms with Gasteiger partial charge in [-0.05, 0) is 25.5 Å². The lowest BCUT2D eigenvalue weighted by molar-refractivity contribution is 0.394. The number of hydrogen-bond donors (Lipinski definition) is 1. The van der Waals surface area contributed by atoms with Gasteiger partial charge in [0.05, 0.1) is 19.9 Å². The van der Waals surface area contributed by atoms with E-state index in [1.807, 2.05) is 33.0 Å². The average molecular weight is 261 g/mol. The maximum absolute atomic E-state index is 5.88. The Morgan fingerprint density at radius 3 is 2.32 bits per heavy atom. The largest absolute Gasteiger partial charge is 0.497 e. The monoisotopic (exact) mass is 261 g/mol. The summed E-state index contributed by atoms with van der Waals surface area (Å²) >= 11 is 0. The van der Waals surface area contributed by atoms with Gasteiger partial charge in [0.2, 0.25) is 0 Å². The number of ether oxygens (including phenoxy) is 2. The summed E-state index contributed by atoms with van der Waals surface area (Å²) < 4.78 is 12.5. The van der Waals surface area contributed by atoms with E-state index in [2.05, 4.69) is 5.10 Å². The smallest absolute Gasteiger partial charge is 0.149 e. The van der Waals surface area contributed by atoms with Gasteiger partial charge in [-0.25, -0.2) is 0 Å². The van der Waals surface area contributed by atoms with Crippen molar-refractivity contribution < 1.29 is 9.47 Å². The molecule has 2 rings (SSSR count). The lowest BCUT2D eigenvalue weighted by atomic mass is 10.0. The van der Waals surface area contributed by atoms with Crippen LogP contribution in [0.1, 0.15) is 11.1 Å². The molecule has 0 saturated heterocycles. The van der Waals surface area contributed by atoms with Crippen LogP contribution >= 0.6 is 0 Å². The molecule has 2 aromatic rings. The van der Waals surface area contributed by atoms with Gasteiger partial charge in [-0.2, -0.15) is 5.10 Å². The first-order valence-corrected chi connectivity index (χ1v) is 6.01. The number of aromatic nitrogens is 2. The molecule has 0 amide bonds. The van der Waals surface area contributed by atoms with E-state index in [-0.39, 0.29) is 0 Å². The second-order valence-electron chi connectivity index (χ2n) is 4.50. The highest BCUT2D eigenvalue weighted by molar-refractivity contribution is 5.77. The number of nitrogens with two attached hydrogens (primary N) is 1. The van der Waals surface area contributed by atoms with Crippen LogP contribution in [0.4, 0.5) is 5.82 Å². The lowest BCUT2D eigenvalue weighted by Gasteiger charge is -2.14. The van der Waals surface area contributed by atoms with Gasteiger partial charge in [-0.3, -0.25) is 4.68 Å². The third-order valence-corrected chi connectivity index (χ3v) is 3.29. The molecule has 5 nitrogen and oxygen atoms in total. The minimum absolute atomic E-state index is 0.537. The van der Waals surface area contributed by atoms with E-state index in [1.54, 1.807) is 18.9 Å². The van der Waals surface area contributed by atoms with Gasteiger partial charge in [0.15, 0.2) is 0 Å². The summed E-state index contributed by atoms with van der Waals surface area (Å²) in [4.78, 5) is 0. The van der Waals surface area contributed by atoms with E-state index in [0.29, 0.717) is 5.82 Å². The third kappa shape index (κ3) is 2.12. The molecule has 0 saturated carbocycles. The normalized spacial score (nSPS) is 10.6. The highest BCUT2D eigenvalue weighted by atomic mass is 16.5. The molecule has 0 unspecified atom stereocenters. The maximum Gasteiger partial charge on any atom is 0.149 e. The first-order chi connectivity index (χ1) is 8.99. The summed E-state index contributed by atoms with van der Waals surface area (Å²) in [5, 5.41) is 4.25. The van der Waals surface area contributed by atoms with Gasteiger partial charge < -0.3 is 15.2 Å². The number of methoxy groups -OCH3 is 2. The van der Waals surface area contributed by atoms with Crippen LogP contribution in [0.15, 0.2) is 12.1 Å². The molecule has 1 heterocycles. The second kappa shape index (κ2) is 4.84. The Balaban J connectivity index is 2.74. The second-order valence-corrected chi connectivity index (χ2v) is 4.50. The number of hydrogen-bond acceptors (Lipinski definition) is 4. The predicted octanol–water partition coefficient (Wildman–Crippen LogP) is 2.30. The molecule has 5 heteroatoms.